The molecule has 1 unspecified atom stereocenters. The van der Waals surface area contributed by atoms with Gasteiger partial charge in [-0.15, -0.1) is 0 Å². The fourth-order valence-electron chi connectivity index (χ4n) is 3.09. The molecule has 2 atom stereocenters. The number of benzene rings is 1. The maximum atomic E-state index is 12.6. The third-order valence-corrected chi connectivity index (χ3v) is 5.11. The van der Waals surface area contributed by atoms with Crippen LogP contribution in [0.1, 0.15) is 29.3 Å². The summed E-state index contributed by atoms with van der Waals surface area (Å²) in [4.78, 5) is 5.98. The van der Waals surface area contributed by atoms with Crippen molar-refractivity contribution in [2.75, 3.05) is 25.0 Å². The molecule has 1 aromatic heterocycles. The van der Waals surface area contributed by atoms with Crippen LogP contribution >= 0.6 is 11.6 Å². The first-order valence-corrected chi connectivity index (χ1v) is 9.56. The molecule has 0 saturated carbocycles. The molecule has 0 aliphatic carbocycles. The van der Waals surface area contributed by atoms with Gasteiger partial charge in [0.1, 0.15) is 6.10 Å². The van der Waals surface area contributed by atoms with Gasteiger partial charge in [-0.2, -0.15) is 13.2 Å². The Kier molecular flexibility index (Phi) is 6.99. The fourth-order valence-corrected chi connectivity index (χ4v) is 3.39. The number of rotatable bonds is 6. The second kappa shape index (κ2) is 9.32. The van der Waals surface area contributed by atoms with Crippen LogP contribution in [0.15, 0.2) is 42.6 Å². The van der Waals surface area contributed by atoms with Crippen molar-refractivity contribution >= 4 is 22.9 Å². The number of hydrogen-bond acceptors (Lipinski definition) is 6. The van der Waals surface area contributed by atoms with Gasteiger partial charge in [-0.25, -0.2) is 0 Å². The van der Waals surface area contributed by atoms with Crippen molar-refractivity contribution in [3.05, 3.63) is 64.4 Å². The van der Waals surface area contributed by atoms with E-state index in [4.69, 9.17) is 16.7 Å². The van der Waals surface area contributed by atoms with Gasteiger partial charge >= 0.3 is 6.18 Å². The van der Waals surface area contributed by atoms with E-state index < -0.39 is 30.8 Å². The number of anilines is 1. The Bertz CT molecular complexity index is 906. The van der Waals surface area contributed by atoms with Crippen LogP contribution in [0.4, 0.5) is 18.9 Å². The Labute approximate surface area is 176 Å². The zero-order chi connectivity index (χ0) is 21.9. The number of pyridine rings is 1. The summed E-state index contributed by atoms with van der Waals surface area (Å²) in [5.74, 6) is 0. The number of nitrogens with one attached hydrogen (secondary N) is 1. The number of hydrogen-bond donors (Lipinski definition) is 4. The van der Waals surface area contributed by atoms with E-state index in [1.54, 1.807) is 11.0 Å². The van der Waals surface area contributed by atoms with Crippen molar-refractivity contribution in [2.45, 2.75) is 25.1 Å². The van der Waals surface area contributed by atoms with E-state index in [2.05, 4.69) is 10.3 Å². The molecule has 0 spiro atoms. The van der Waals surface area contributed by atoms with Crippen LogP contribution < -0.4 is 5.32 Å². The maximum Gasteiger partial charge on any atom is 0.416 e. The van der Waals surface area contributed by atoms with E-state index >= 15 is 0 Å². The molecule has 30 heavy (non-hydrogen) atoms. The second-order valence-electron chi connectivity index (χ2n) is 6.86. The molecule has 2 aromatic rings. The lowest BCUT2D eigenvalue weighted by molar-refractivity contribution is -0.137. The zero-order valence-corrected chi connectivity index (χ0v) is 16.5. The highest BCUT2D eigenvalue weighted by molar-refractivity contribution is 6.32. The van der Waals surface area contributed by atoms with Crippen molar-refractivity contribution in [3.63, 3.8) is 0 Å². The van der Waals surface area contributed by atoms with Crippen molar-refractivity contribution in [1.82, 2.24) is 9.88 Å². The molecular formula is C20H21ClF3N3O3. The molecule has 162 valence electrons. The number of aliphatic hydroxyl groups is 3. The highest BCUT2D eigenvalue weighted by Gasteiger charge is 2.30. The fraction of sp³-hybridized carbons (Fsp3) is 0.350. The Balaban J connectivity index is 1.62. The second-order valence-corrected chi connectivity index (χ2v) is 7.27. The molecular weight excluding hydrogens is 423 g/mol. The Hall–Kier alpha value is -2.17. The summed E-state index contributed by atoms with van der Waals surface area (Å²) in [6.07, 6.45) is -2.68. The molecule has 0 saturated heterocycles. The minimum absolute atomic E-state index is 0.350. The van der Waals surface area contributed by atoms with Crippen LogP contribution in [0.2, 0.25) is 5.02 Å². The van der Waals surface area contributed by atoms with Crippen molar-refractivity contribution in [2.24, 2.45) is 0 Å². The zero-order valence-electron chi connectivity index (χ0n) is 15.8. The SMILES string of the molecule is OC[C@H](O)c1cnc(C2=CCN(C(O)Nc3ccc(C(F)(F)F)cc3)CC2)c(Cl)c1. The Morgan fingerprint density at radius 3 is 2.43 bits per heavy atom. The van der Waals surface area contributed by atoms with Crippen molar-refractivity contribution in [1.29, 1.82) is 0 Å². The van der Waals surface area contributed by atoms with E-state index in [1.165, 1.54) is 18.3 Å². The minimum atomic E-state index is -4.41. The normalized spacial score (nSPS) is 17.4. The van der Waals surface area contributed by atoms with Gasteiger partial charge in [0.2, 0.25) is 0 Å². The van der Waals surface area contributed by atoms with Gasteiger partial charge in [-0.1, -0.05) is 17.7 Å². The highest BCUT2D eigenvalue weighted by atomic mass is 35.5. The lowest BCUT2D eigenvalue weighted by Crippen LogP contribution is -2.43. The summed E-state index contributed by atoms with van der Waals surface area (Å²) >= 11 is 6.26. The molecule has 4 N–H and O–H groups in total. The quantitative estimate of drug-likeness (QED) is 0.513. The van der Waals surface area contributed by atoms with E-state index in [1.807, 2.05) is 6.08 Å². The van der Waals surface area contributed by atoms with E-state index in [0.717, 1.165) is 17.7 Å². The van der Waals surface area contributed by atoms with Crippen LogP contribution in [0.3, 0.4) is 0 Å². The number of nitrogens with zero attached hydrogens (tertiary/aromatic N) is 2. The summed E-state index contributed by atoms with van der Waals surface area (Å²) in [5.41, 5.74) is 1.47. The van der Waals surface area contributed by atoms with Crippen molar-refractivity contribution < 1.29 is 28.5 Å². The molecule has 3 rings (SSSR count). The monoisotopic (exact) mass is 443 g/mol. The number of alkyl halides is 3. The number of halogens is 4. The molecule has 1 aliphatic heterocycles. The first-order valence-electron chi connectivity index (χ1n) is 9.18. The molecule has 1 aliphatic rings. The third kappa shape index (κ3) is 5.30. The standard InChI is InChI=1S/C20H21ClF3N3O3/c21-16-9-13(17(29)11-28)10-25-18(16)12-5-7-27(8-6-12)19(30)26-15-3-1-14(2-4-15)20(22,23)24/h1-5,9-10,17,19,26,28-30H,6-8,11H2/t17-,19?/m0/s1. The first-order chi connectivity index (χ1) is 14.2. The lowest BCUT2D eigenvalue weighted by Gasteiger charge is -2.31. The Morgan fingerprint density at radius 1 is 1.20 bits per heavy atom. The molecule has 0 amide bonds. The van der Waals surface area contributed by atoms with Crippen LogP contribution in [-0.2, 0) is 6.18 Å². The average molecular weight is 444 g/mol. The third-order valence-electron chi connectivity index (χ3n) is 4.82. The minimum Gasteiger partial charge on any atom is -0.393 e. The molecule has 0 bridgehead atoms. The van der Waals surface area contributed by atoms with Crippen LogP contribution in [-0.4, -0.2) is 51.3 Å². The summed E-state index contributed by atoms with van der Waals surface area (Å²) in [7, 11) is 0. The van der Waals surface area contributed by atoms with Gasteiger partial charge in [0.05, 0.1) is 22.9 Å². The molecule has 0 fully saturated rings. The summed E-state index contributed by atoms with van der Waals surface area (Å²) in [6, 6.07) is 5.99. The summed E-state index contributed by atoms with van der Waals surface area (Å²) in [6.45, 7) is 0.418. The topological polar surface area (TPSA) is 88.9 Å². The van der Waals surface area contributed by atoms with Gasteiger partial charge in [0.25, 0.3) is 0 Å². The molecule has 6 nitrogen and oxygen atoms in total. The van der Waals surface area contributed by atoms with Gasteiger partial charge in [-0.3, -0.25) is 9.88 Å². The van der Waals surface area contributed by atoms with Crippen LogP contribution in [0, 0.1) is 0 Å². The molecule has 1 aromatic carbocycles. The molecule has 0 radical (unpaired) electrons. The largest absolute Gasteiger partial charge is 0.416 e. The van der Waals surface area contributed by atoms with Crippen molar-refractivity contribution in [3.8, 4) is 0 Å². The Morgan fingerprint density at radius 2 is 1.90 bits per heavy atom. The van der Waals surface area contributed by atoms with E-state index in [-0.39, 0.29) is 0 Å². The van der Waals surface area contributed by atoms with Gasteiger partial charge < -0.3 is 20.6 Å². The van der Waals surface area contributed by atoms with E-state index in [0.29, 0.717) is 41.5 Å². The van der Waals surface area contributed by atoms with Crippen LogP contribution in [0.25, 0.3) is 5.57 Å². The average Bonchev–Trinajstić information content (AvgIpc) is 2.73. The molecule has 2 heterocycles. The van der Waals surface area contributed by atoms with Gasteiger partial charge in [0, 0.05) is 30.5 Å². The summed E-state index contributed by atoms with van der Waals surface area (Å²) < 4.78 is 37.9. The van der Waals surface area contributed by atoms with Gasteiger partial charge in [-0.05, 0) is 42.3 Å². The number of aliphatic hydroxyl groups excluding tert-OH is 3. The lowest BCUT2D eigenvalue weighted by atomic mass is 10.0. The maximum absolute atomic E-state index is 12.6. The van der Waals surface area contributed by atoms with Crippen LogP contribution in [0.5, 0.6) is 0 Å². The summed E-state index contributed by atoms with van der Waals surface area (Å²) in [5, 5.41) is 32.2. The van der Waals surface area contributed by atoms with E-state index in [9.17, 15) is 23.4 Å². The first kappa shape index (κ1) is 22.5. The van der Waals surface area contributed by atoms with Gasteiger partial charge in [0.15, 0.2) is 6.35 Å². The predicted molar refractivity (Wildman–Crippen MR) is 107 cm³/mol. The number of aromatic nitrogens is 1. The highest BCUT2D eigenvalue weighted by Crippen LogP contribution is 2.31. The predicted octanol–water partition coefficient (Wildman–Crippen LogP) is 3.26. The smallest absolute Gasteiger partial charge is 0.393 e. The molecule has 10 heteroatoms.